The minimum absolute atomic E-state index is 0.0658. The molecule has 2 N–H and O–H groups in total. The summed E-state index contributed by atoms with van der Waals surface area (Å²) in [5.74, 6) is 2.36. The molecule has 6 nitrogen and oxygen atoms in total. The highest BCUT2D eigenvalue weighted by molar-refractivity contribution is 7.99. The molecule has 2 amide bonds. The number of pyridine rings is 2. The van der Waals surface area contributed by atoms with Gasteiger partial charge in [0.15, 0.2) is 0 Å². The van der Waals surface area contributed by atoms with Crippen molar-refractivity contribution in [2.75, 3.05) is 22.1 Å². The highest BCUT2D eigenvalue weighted by Crippen LogP contribution is 2.12. The Labute approximate surface area is 164 Å². The van der Waals surface area contributed by atoms with Crippen molar-refractivity contribution in [3.63, 3.8) is 0 Å². The van der Waals surface area contributed by atoms with Gasteiger partial charge in [0, 0.05) is 35.7 Å². The van der Waals surface area contributed by atoms with Crippen LogP contribution in [0.15, 0.2) is 24.3 Å². The summed E-state index contributed by atoms with van der Waals surface area (Å²) in [4.78, 5) is 32.6. The predicted octanol–water partition coefficient (Wildman–Crippen LogP) is 3.80. The van der Waals surface area contributed by atoms with Gasteiger partial charge < -0.3 is 10.6 Å². The molecule has 144 valence electrons. The molecule has 0 aliphatic carbocycles. The van der Waals surface area contributed by atoms with Crippen LogP contribution in [0.3, 0.4) is 0 Å². The van der Waals surface area contributed by atoms with Crippen molar-refractivity contribution in [1.82, 2.24) is 9.97 Å². The van der Waals surface area contributed by atoms with Crippen molar-refractivity contribution in [3.8, 4) is 0 Å². The van der Waals surface area contributed by atoms with Crippen molar-refractivity contribution >= 4 is 35.2 Å². The molecule has 0 radical (unpaired) electrons. The molecule has 0 aliphatic heterocycles. The van der Waals surface area contributed by atoms with Crippen molar-refractivity contribution in [2.24, 2.45) is 0 Å². The molecular weight excluding hydrogens is 360 g/mol. The smallest absolute Gasteiger partial charge is 0.226 e. The van der Waals surface area contributed by atoms with Gasteiger partial charge in [0.2, 0.25) is 11.8 Å². The highest BCUT2D eigenvalue weighted by Gasteiger charge is 2.07. The Kier molecular flexibility index (Phi) is 7.79. The first-order valence-corrected chi connectivity index (χ1v) is 10.1. The number of hydrogen-bond donors (Lipinski definition) is 2. The first-order valence-electron chi connectivity index (χ1n) is 8.90. The van der Waals surface area contributed by atoms with E-state index >= 15 is 0 Å². The monoisotopic (exact) mass is 386 g/mol. The van der Waals surface area contributed by atoms with Gasteiger partial charge in [-0.05, 0) is 63.1 Å². The Morgan fingerprint density at radius 1 is 0.778 bits per heavy atom. The van der Waals surface area contributed by atoms with Crippen LogP contribution < -0.4 is 10.6 Å². The number of nitrogens with one attached hydrogen (secondary N) is 2. The second-order valence-corrected chi connectivity index (χ2v) is 7.78. The number of aryl methyl sites for hydroxylation is 4. The molecule has 0 saturated heterocycles. The van der Waals surface area contributed by atoms with E-state index in [-0.39, 0.29) is 11.8 Å². The Hall–Kier alpha value is -2.41. The minimum Gasteiger partial charge on any atom is -0.311 e. The van der Waals surface area contributed by atoms with Gasteiger partial charge in [0.25, 0.3) is 0 Å². The molecule has 0 fully saturated rings. The number of carbonyl (C=O) groups is 2. The van der Waals surface area contributed by atoms with Crippen LogP contribution in [0.1, 0.15) is 35.4 Å². The van der Waals surface area contributed by atoms with Crippen molar-refractivity contribution in [2.45, 2.75) is 40.5 Å². The Morgan fingerprint density at radius 2 is 1.19 bits per heavy atom. The summed E-state index contributed by atoms with van der Waals surface area (Å²) >= 11 is 1.58. The topological polar surface area (TPSA) is 84.0 Å². The van der Waals surface area contributed by atoms with Gasteiger partial charge in [0.05, 0.1) is 0 Å². The Bertz CT molecular complexity index is 716. The lowest BCUT2D eigenvalue weighted by molar-refractivity contribution is -0.116. The average Bonchev–Trinajstić information content (AvgIpc) is 2.52. The summed E-state index contributed by atoms with van der Waals surface area (Å²) in [6.45, 7) is 7.74. The van der Waals surface area contributed by atoms with Crippen LogP contribution in [-0.4, -0.2) is 33.3 Å². The van der Waals surface area contributed by atoms with Crippen LogP contribution in [0, 0.1) is 27.7 Å². The maximum atomic E-state index is 12.0. The summed E-state index contributed by atoms with van der Waals surface area (Å²) < 4.78 is 0. The minimum atomic E-state index is -0.0658. The fraction of sp³-hybridized carbons (Fsp3) is 0.400. The van der Waals surface area contributed by atoms with E-state index in [1.807, 2.05) is 52.0 Å². The van der Waals surface area contributed by atoms with Gasteiger partial charge in [-0.2, -0.15) is 11.8 Å². The zero-order valence-corrected chi connectivity index (χ0v) is 17.1. The normalized spacial score (nSPS) is 10.5. The fourth-order valence-corrected chi connectivity index (χ4v) is 3.52. The molecule has 0 atom stereocenters. The highest BCUT2D eigenvalue weighted by atomic mass is 32.2. The number of carbonyl (C=O) groups excluding carboxylic acids is 2. The van der Waals surface area contributed by atoms with Crippen molar-refractivity contribution < 1.29 is 9.59 Å². The van der Waals surface area contributed by atoms with Gasteiger partial charge in [-0.3, -0.25) is 9.59 Å². The summed E-state index contributed by atoms with van der Waals surface area (Å²) in [5.41, 5.74) is 3.89. The molecule has 0 bridgehead atoms. The van der Waals surface area contributed by atoms with Gasteiger partial charge in [0.1, 0.15) is 11.6 Å². The van der Waals surface area contributed by atoms with Gasteiger partial charge >= 0.3 is 0 Å². The third-order valence-corrected chi connectivity index (χ3v) is 4.66. The maximum absolute atomic E-state index is 12.0. The lowest BCUT2D eigenvalue weighted by atomic mass is 10.2. The molecule has 0 unspecified atom stereocenters. The van der Waals surface area contributed by atoms with E-state index in [1.54, 1.807) is 11.8 Å². The molecule has 27 heavy (non-hydrogen) atoms. The van der Waals surface area contributed by atoms with E-state index in [1.165, 1.54) is 0 Å². The van der Waals surface area contributed by atoms with Crippen LogP contribution in [0.2, 0.25) is 0 Å². The predicted molar refractivity (Wildman–Crippen MR) is 111 cm³/mol. The average molecular weight is 387 g/mol. The van der Waals surface area contributed by atoms with E-state index in [2.05, 4.69) is 20.6 Å². The molecule has 0 aliphatic rings. The zero-order chi connectivity index (χ0) is 19.8. The van der Waals surface area contributed by atoms with E-state index in [9.17, 15) is 9.59 Å². The molecule has 2 rings (SSSR count). The van der Waals surface area contributed by atoms with Crippen LogP contribution in [-0.2, 0) is 9.59 Å². The van der Waals surface area contributed by atoms with Crippen LogP contribution >= 0.6 is 11.8 Å². The zero-order valence-electron chi connectivity index (χ0n) is 16.3. The van der Waals surface area contributed by atoms with E-state index in [0.717, 1.165) is 22.5 Å². The van der Waals surface area contributed by atoms with Crippen LogP contribution in [0.5, 0.6) is 0 Å². The van der Waals surface area contributed by atoms with Gasteiger partial charge in [-0.25, -0.2) is 9.97 Å². The summed E-state index contributed by atoms with van der Waals surface area (Å²) in [5, 5.41) is 5.63. The molecule has 0 spiro atoms. The van der Waals surface area contributed by atoms with Gasteiger partial charge in [-0.1, -0.05) is 0 Å². The molecule has 7 heteroatoms. The number of thioether (sulfide) groups is 1. The Balaban J connectivity index is 1.64. The number of amides is 2. The fourth-order valence-electron chi connectivity index (χ4n) is 2.65. The third kappa shape index (κ3) is 7.78. The summed E-state index contributed by atoms with van der Waals surface area (Å²) in [6, 6.07) is 7.63. The van der Waals surface area contributed by atoms with E-state index < -0.39 is 0 Å². The number of nitrogens with zero attached hydrogens (tertiary/aromatic N) is 2. The Morgan fingerprint density at radius 3 is 1.56 bits per heavy atom. The number of anilines is 2. The van der Waals surface area contributed by atoms with E-state index in [0.29, 0.717) is 36.0 Å². The number of rotatable bonds is 8. The van der Waals surface area contributed by atoms with Crippen LogP contribution in [0.25, 0.3) is 0 Å². The van der Waals surface area contributed by atoms with Crippen LogP contribution in [0.4, 0.5) is 11.6 Å². The molecule has 0 aromatic carbocycles. The second kappa shape index (κ2) is 10.1. The first-order chi connectivity index (χ1) is 12.8. The second-order valence-electron chi connectivity index (χ2n) is 6.55. The molecule has 2 aromatic heterocycles. The summed E-state index contributed by atoms with van der Waals surface area (Å²) in [7, 11) is 0. The maximum Gasteiger partial charge on any atom is 0.226 e. The lowest BCUT2D eigenvalue weighted by Crippen LogP contribution is -2.15. The lowest BCUT2D eigenvalue weighted by Gasteiger charge is -2.07. The van der Waals surface area contributed by atoms with Crippen molar-refractivity contribution in [3.05, 3.63) is 46.8 Å². The largest absolute Gasteiger partial charge is 0.311 e. The molecular formula is C20H26N4O2S. The van der Waals surface area contributed by atoms with E-state index in [4.69, 9.17) is 0 Å². The first kappa shape index (κ1) is 20.9. The van der Waals surface area contributed by atoms with Gasteiger partial charge in [-0.15, -0.1) is 0 Å². The summed E-state index contributed by atoms with van der Waals surface area (Å²) in [6.07, 6.45) is 0.777. The van der Waals surface area contributed by atoms with Crippen molar-refractivity contribution in [1.29, 1.82) is 0 Å². The standard InChI is InChI=1S/C20H26N4O2S/c1-13-9-15(3)21-17(11-13)23-19(25)5-7-27-8-6-20(26)24-18-12-14(2)10-16(4)22-18/h9-12H,5-8H2,1-4H3,(H,21,23,25)(H,22,24,26). The molecule has 2 heterocycles. The SMILES string of the molecule is Cc1cc(C)nc(NC(=O)CCSCCC(=O)Nc2cc(C)cc(C)n2)c1. The third-order valence-electron chi connectivity index (χ3n) is 3.68. The molecule has 2 aromatic rings. The molecule has 0 saturated carbocycles. The quantitative estimate of drug-likeness (QED) is 0.674. The number of aromatic nitrogens is 2. The number of hydrogen-bond acceptors (Lipinski definition) is 5.